The molecule has 1 aromatic heterocycles. The summed E-state index contributed by atoms with van der Waals surface area (Å²) in [7, 11) is 0. The van der Waals surface area contributed by atoms with Crippen LogP contribution in [0.3, 0.4) is 0 Å². The van der Waals surface area contributed by atoms with Gasteiger partial charge in [-0.25, -0.2) is 4.79 Å². The number of anilines is 2. The van der Waals surface area contributed by atoms with Crippen molar-refractivity contribution in [3.63, 3.8) is 0 Å². The standard InChI is InChI=1S/C18H14Cl2N2O2/c1-2-24-18(23)15-10-21-16-8-5-12(20)9-14(16)17(15)22-13-6-3-11(19)4-7-13/h3-10H,2H2,1H3,(H,21,22). The number of halogens is 2. The number of carbonyl (C=O) groups is 1. The molecule has 0 atom stereocenters. The number of benzene rings is 2. The third-order valence-electron chi connectivity index (χ3n) is 3.44. The topological polar surface area (TPSA) is 51.2 Å². The Kier molecular flexibility index (Phi) is 4.88. The van der Waals surface area contributed by atoms with Crippen molar-refractivity contribution in [2.75, 3.05) is 11.9 Å². The molecule has 0 radical (unpaired) electrons. The summed E-state index contributed by atoms with van der Waals surface area (Å²) < 4.78 is 5.13. The Labute approximate surface area is 149 Å². The van der Waals surface area contributed by atoms with E-state index in [0.717, 1.165) is 16.6 Å². The van der Waals surface area contributed by atoms with Crippen molar-refractivity contribution < 1.29 is 9.53 Å². The van der Waals surface area contributed by atoms with Gasteiger partial charge in [-0.2, -0.15) is 0 Å². The van der Waals surface area contributed by atoms with Crippen molar-refractivity contribution in [1.29, 1.82) is 0 Å². The number of pyridine rings is 1. The van der Waals surface area contributed by atoms with Crippen molar-refractivity contribution in [2.45, 2.75) is 6.92 Å². The Morgan fingerprint density at radius 1 is 1.12 bits per heavy atom. The maximum absolute atomic E-state index is 12.3. The number of fused-ring (bicyclic) bond motifs is 1. The highest BCUT2D eigenvalue weighted by Gasteiger charge is 2.17. The summed E-state index contributed by atoms with van der Waals surface area (Å²) in [6, 6.07) is 12.5. The predicted octanol–water partition coefficient (Wildman–Crippen LogP) is 5.46. The van der Waals surface area contributed by atoms with Gasteiger partial charge in [-0.1, -0.05) is 23.2 Å². The van der Waals surface area contributed by atoms with E-state index in [9.17, 15) is 4.79 Å². The molecule has 4 nitrogen and oxygen atoms in total. The molecule has 0 aliphatic rings. The molecule has 1 N–H and O–H groups in total. The Hall–Kier alpha value is -2.30. The number of nitrogens with zero attached hydrogens (tertiary/aromatic N) is 1. The van der Waals surface area contributed by atoms with Gasteiger partial charge in [-0.15, -0.1) is 0 Å². The van der Waals surface area contributed by atoms with Gasteiger partial charge in [0.1, 0.15) is 5.56 Å². The van der Waals surface area contributed by atoms with Gasteiger partial charge < -0.3 is 10.1 Å². The number of hydrogen-bond donors (Lipinski definition) is 1. The lowest BCUT2D eigenvalue weighted by atomic mass is 10.1. The van der Waals surface area contributed by atoms with Crippen LogP contribution in [0.25, 0.3) is 10.9 Å². The Morgan fingerprint density at radius 3 is 2.54 bits per heavy atom. The number of ether oxygens (including phenoxy) is 1. The zero-order valence-electron chi connectivity index (χ0n) is 12.8. The lowest BCUT2D eigenvalue weighted by Gasteiger charge is -2.14. The van der Waals surface area contributed by atoms with E-state index < -0.39 is 5.97 Å². The number of esters is 1. The molecule has 0 unspecified atom stereocenters. The van der Waals surface area contributed by atoms with E-state index in [1.807, 2.05) is 12.1 Å². The zero-order chi connectivity index (χ0) is 17.1. The van der Waals surface area contributed by atoms with Gasteiger partial charge in [-0.3, -0.25) is 4.98 Å². The summed E-state index contributed by atoms with van der Waals surface area (Å²) >= 11 is 12.0. The first kappa shape index (κ1) is 16.6. The molecule has 0 bridgehead atoms. The number of carbonyl (C=O) groups excluding carboxylic acids is 1. The van der Waals surface area contributed by atoms with Gasteiger partial charge in [0, 0.05) is 27.3 Å². The van der Waals surface area contributed by atoms with Gasteiger partial charge in [0.25, 0.3) is 0 Å². The van der Waals surface area contributed by atoms with Crippen LogP contribution in [0.5, 0.6) is 0 Å². The molecule has 122 valence electrons. The number of nitrogens with one attached hydrogen (secondary N) is 1. The van der Waals surface area contributed by atoms with E-state index in [4.69, 9.17) is 27.9 Å². The van der Waals surface area contributed by atoms with Crippen LogP contribution in [0.2, 0.25) is 10.0 Å². The molecular formula is C18H14Cl2N2O2. The van der Waals surface area contributed by atoms with Crippen LogP contribution in [-0.2, 0) is 4.74 Å². The summed E-state index contributed by atoms with van der Waals surface area (Å²) in [4.78, 5) is 16.6. The van der Waals surface area contributed by atoms with Crippen molar-refractivity contribution in [1.82, 2.24) is 4.98 Å². The van der Waals surface area contributed by atoms with Gasteiger partial charge in [0.2, 0.25) is 0 Å². The van der Waals surface area contributed by atoms with Gasteiger partial charge >= 0.3 is 5.97 Å². The van der Waals surface area contributed by atoms with E-state index >= 15 is 0 Å². The van der Waals surface area contributed by atoms with Crippen LogP contribution in [0.1, 0.15) is 17.3 Å². The first-order chi connectivity index (χ1) is 11.6. The molecule has 3 aromatic rings. The molecule has 6 heteroatoms. The second kappa shape index (κ2) is 7.07. The van der Waals surface area contributed by atoms with Crippen molar-refractivity contribution in [3.8, 4) is 0 Å². The fourth-order valence-corrected chi connectivity index (χ4v) is 2.64. The molecule has 0 aliphatic carbocycles. The monoisotopic (exact) mass is 360 g/mol. The largest absolute Gasteiger partial charge is 0.462 e. The van der Waals surface area contributed by atoms with Crippen LogP contribution >= 0.6 is 23.2 Å². The fourth-order valence-electron chi connectivity index (χ4n) is 2.34. The van der Waals surface area contributed by atoms with E-state index in [0.29, 0.717) is 21.3 Å². The molecule has 0 fully saturated rings. The van der Waals surface area contributed by atoms with Gasteiger partial charge in [0.15, 0.2) is 0 Å². The molecular weight excluding hydrogens is 347 g/mol. The van der Waals surface area contributed by atoms with Crippen LogP contribution in [0, 0.1) is 0 Å². The molecule has 2 aromatic carbocycles. The Balaban J connectivity index is 2.16. The van der Waals surface area contributed by atoms with Gasteiger partial charge in [0.05, 0.1) is 17.8 Å². The molecule has 3 rings (SSSR count). The summed E-state index contributed by atoms with van der Waals surface area (Å²) in [5, 5.41) is 5.18. The summed E-state index contributed by atoms with van der Waals surface area (Å²) in [5.41, 5.74) is 2.46. The fraction of sp³-hybridized carbons (Fsp3) is 0.111. The highest BCUT2D eigenvalue weighted by Crippen LogP contribution is 2.31. The lowest BCUT2D eigenvalue weighted by molar-refractivity contribution is 0.0527. The minimum Gasteiger partial charge on any atom is -0.462 e. The molecule has 0 saturated heterocycles. The number of aromatic nitrogens is 1. The third-order valence-corrected chi connectivity index (χ3v) is 3.93. The summed E-state index contributed by atoms with van der Waals surface area (Å²) in [6.45, 7) is 2.04. The number of rotatable bonds is 4. The quantitative estimate of drug-likeness (QED) is 0.627. The first-order valence-corrected chi connectivity index (χ1v) is 8.12. The highest BCUT2D eigenvalue weighted by atomic mass is 35.5. The van der Waals surface area contributed by atoms with Crippen LogP contribution < -0.4 is 5.32 Å². The molecule has 24 heavy (non-hydrogen) atoms. The molecule has 0 amide bonds. The van der Waals surface area contributed by atoms with E-state index in [1.54, 1.807) is 37.3 Å². The SMILES string of the molecule is CCOC(=O)c1cnc2ccc(Cl)cc2c1Nc1ccc(Cl)cc1. The minimum absolute atomic E-state index is 0.285. The normalized spacial score (nSPS) is 10.6. The van der Waals surface area contributed by atoms with E-state index in [-0.39, 0.29) is 6.61 Å². The summed E-state index contributed by atoms with van der Waals surface area (Å²) in [6.07, 6.45) is 1.51. The molecule has 0 saturated carbocycles. The Morgan fingerprint density at radius 2 is 1.83 bits per heavy atom. The maximum atomic E-state index is 12.3. The van der Waals surface area contributed by atoms with Gasteiger partial charge in [-0.05, 0) is 49.4 Å². The van der Waals surface area contributed by atoms with Crippen LogP contribution in [-0.4, -0.2) is 17.6 Å². The second-order valence-corrected chi connectivity index (χ2v) is 5.93. The lowest BCUT2D eigenvalue weighted by Crippen LogP contribution is -2.09. The maximum Gasteiger partial charge on any atom is 0.341 e. The highest BCUT2D eigenvalue weighted by molar-refractivity contribution is 6.31. The molecule has 1 heterocycles. The average molecular weight is 361 g/mol. The number of hydrogen-bond acceptors (Lipinski definition) is 4. The third kappa shape index (κ3) is 3.45. The van der Waals surface area contributed by atoms with Crippen molar-refractivity contribution in [3.05, 3.63) is 64.3 Å². The second-order valence-electron chi connectivity index (χ2n) is 5.06. The smallest absolute Gasteiger partial charge is 0.341 e. The van der Waals surface area contributed by atoms with E-state index in [1.165, 1.54) is 6.20 Å². The summed E-state index contributed by atoms with van der Waals surface area (Å²) in [5.74, 6) is -0.441. The molecule has 0 aliphatic heterocycles. The van der Waals surface area contributed by atoms with Crippen LogP contribution in [0.15, 0.2) is 48.7 Å². The van der Waals surface area contributed by atoms with Crippen molar-refractivity contribution in [2.24, 2.45) is 0 Å². The zero-order valence-corrected chi connectivity index (χ0v) is 14.4. The molecule has 0 spiro atoms. The van der Waals surface area contributed by atoms with E-state index in [2.05, 4.69) is 10.3 Å². The van der Waals surface area contributed by atoms with Crippen molar-refractivity contribution >= 4 is 51.4 Å². The first-order valence-electron chi connectivity index (χ1n) is 7.36. The Bertz CT molecular complexity index is 895. The minimum atomic E-state index is -0.441. The predicted molar refractivity (Wildman–Crippen MR) is 97.4 cm³/mol. The average Bonchev–Trinajstić information content (AvgIpc) is 2.57. The van der Waals surface area contributed by atoms with Crippen LogP contribution in [0.4, 0.5) is 11.4 Å².